The molecule has 0 aliphatic carbocycles. The van der Waals surface area contributed by atoms with Gasteiger partial charge in [0.15, 0.2) is 0 Å². The Morgan fingerprint density at radius 2 is 1.16 bits per heavy atom. The van der Waals surface area contributed by atoms with Gasteiger partial charge in [0.25, 0.3) is 0 Å². The lowest BCUT2D eigenvalue weighted by molar-refractivity contribution is 0.208. The molecule has 0 saturated heterocycles. The van der Waals surface area contributed by atoms with Gasteiger partial charge in [-0.05, 0) is 30.2 Å². The third-order valence-corrected chi connectivity index (χ3v) is 7.84. The largest absolute Gasteiger partial charge is 0.407 e. The number of hydrogen-bond acceptors (Lipinski definition) is 2. The standard InChI is InChI=1S/C22H24O2Si/c1-3-23-25(24-4-2,20-15-9-6-10-16-20)22-18-12-11-17-21(22)19-13-7-5-8-14-19/h5-18H,3-4H2,1-2H3. The Bertz CT molecular complexity index is 781. The molecule has 0 bridgehead atoms. The Balaban J connectivity index is 2.24. The predicted octanol–water partition coefficient (Wildman–Crippen LogP) is 3.98. The summed E-state index contributed by atoms with van der Waals surface area (Å²) in [6.45, 7) is 5.30. The molecule has 25 heavy (non-hydrogen) atoms. The molecule has 0 aliphatic rings. The molecular weight excluding hydrogens is 324 g/mol. The first-order valence-electron chi connectivity index (χ1n) is 8.80. The van der Waals surface area contributed by atoms with Gasteiger partial charge in [0.05, 0.1) is 0 Å². The maximum atomic E-state index is 6.42. The van der Waals surface area contributed by atoms with E-state index in [4.69, 9.17) is 8.85 Å². The van der Waals surface area contributed by atoms with Gasteiger partial charge in [-0.15, -0.1) is 0 Å². The third kappa shape index (κ3) is 3.59. The van der Waals surface area contributed by atoms with Gasteiger partial charge in [-0.1, -0.05) is 84.9 Å². The molecule has 0 saturated carbocycles. The van der Waals surface area contributed by atoms with E-state index >= 15 is 0 Å². The van der Waals surface area contributed by atoms with Gasteiger partial charge in [0.1, 0.15) is 0 Å². The molecule has 2 nitrogen and oxygen atoms in total. The molecule has 0 N–H and O–H groups in total. The summed E-state index contributed by atoms with van der Waals surface area (Å²) in [5.74, 6) is 0. The van der Waals surface area contributed by atoms with Crippen molar-refractivity contribution in [3.63, 3.8) is 0 Å². The number of benzene rings is 3. The Kier molecular flexibility index (Phi) is 5.82. The van der Waals surface area contributed by atoms with E-state index in [9.17, 15) is 0 Å². The first-order valence-corrected chi connectivity index (χ1v) is 10.6. The summed E-state index contributed by atoms with van der Waals surface area (Å²) in [7, 11) is -2.78. The summed E-state index contributed by atoms with van der Waals surface area (Å²) in [5, 5.41) is 2.30. The van der Waals surface area contributed by atoms with E-state index in [1.807, 2.05) is 26.0 Å². The highest BCUT2D eigenvalue weighted by Crippen LogP contribution is 2.21. The average Bonchev–Trinajstić information content (AvgIpc) is 2.69. The van der Waals surface area contributed by atoms with Gasteiger partial charge in [0, 0.05) is 18.4 Å². The Hall–Kier alpha value is -2.20. The van der Waals surface area contributed by atoms with Crippen molar-refractivity contribution >= 4 is 18.9 Å². The summed E-state index contributed by atoms with van der Waals surface area (Å²) in [5.41, 5.74) is 2.37. The van der Waals surface area contributed by atoms with E-state index < -0.39 is 8.56 Å². The predicted molar refractivity (Wildman–Crippen MR) is 107 cm³/mol. The van der Waals surface area contributed by atoms with Crippen LogP contribution >= 0.6 is 0 Å². The second-order valence-electron chi connectivity index (χ2n) is 5.76. The SMILES string of the molecule is CCO[Si](OCC)(c1ccccc1)c1ccccc1-c1ccccc1. The topological polar surface area (TPSA) is 18.5 Å². The Morgan fingerprint density at radius 3 is 1.76 bits per heavy atom. The quantitative estimate of drug-likeness (QED) is 0.601. The van der Waals surface area contributed by atoms with Crippen LogP contribution < -0.4 is 10.4 Å². The second kappa shape index (κ2) is 8.25. The molecule has 3 rings (SSSR count). The molecule has 0 fully saturated rings. The second-order valence-corrected chi connectivity index (χ2v) is 8.69. The smallest absolute Gasteiger partial charge is 0.388 e. The molecule has 128 valence electrons. The molecule has 0 unspecified atom stereocenters. The van der Waals surface area contributed by atoms with Gasteiger partial charge >= 0.3 is 8.56 Å². The van der Waals surface area contributed by atoms with Gasteiger partial charge in [0.2, 0.25) is 0 Å². The molecule has 0 heterocycles. The van der Waals surface area contributed by atoms with Crippen molar-refractivity contribution in [1.82, 2.24) is 0 Å². The van der Waals surface area contributed by atoms with Crippen molar-refractivity contribution in [3.05, 3.63) is 84.9 Å². The van der Waals surface area contributed by atoms with Crippen LogP contribution in [-0.4, -0.2) is 21.8 Å². The Labute approximate surface area is 151 Å². The van der Waals surface area contributed by atoms with E-state index in [0.717, 1.165) is 10.4 Å². The lowest BCUT2D eigenvalue weighted by atomic mass is 10.1. The molecule has 0 atom stereocenters. The normalized spacial score (nSPS) is 11.4. The minimum absolute atomic E-state index is 0.615. The Morgan fingerprint density at radius 1 is 0.640 bits per heavy atom. The zero-order chi connectivity index (χ0) is 17.5. The van der Waals surface area contributed by atoms with Crippen LogP contribution in [-0.2, 0) is 8.85 Å². The van der Waals surface area contributed by atoms with E-state index in [-0.39, 0.29) is 0 Å². The zero-order valence-electron chi connectivity index (χ0n) is 14.8. The first kappa shape index (κ1) is 17.6. The van der Waals surface area contributed by atoms with E-state index in [1.54, 1.807) is 0 Å². The fourth-order valence-electron chi connectivity index (χ4n) is 3.22. The van der Waals surface area contributed by atoms with E-state index in [0.29, 0.717) is 13.2 Å². The summed E-state index contributed by atoms with van der Waals surface area (Å²) in [6.07, 6.45) is 0. The molecule has 3 aromatic rings. The minimum atomic E-state index is -2.78. The molecule has 0 radical (unpaired) electrons. The lowest BCUT2D eigenvalue weighted by Crippen LogP contribution is -2.64. The average molecular weight is 349 g/mol. The van der Waals surface area contributed by atoms with Crippen LogP contribution in [0.1, 0.15) is 13.8 Å². The molecule has 0 spiro atoms. The van der Waals surface area contributed by atoms with Crippen molar-refractivity contribution in [2.75, 3.05) is 13.2 Å². The van der Waals surface area contributed by atoms with Crippen molar-refractivity contribution in [2.45, 2.75) is 13.8 Å². The summed E-state index contributed by atoms with van der Waals surface area (Å²) >= 11 is 0. The van der Waals surface area contributed by atoms with Gasteiger partial charge in [-0.2, -0.15) is 0 Å². The van der Waals surface area contributed by atoms with Crippen LogP contribution in [0.5, 0.6) is 0 Å². The van der Waals surface area contributed by atoms with Gasteiger partial charge < -0.3 is 8.85 Å². The number of hydrogen-bond donors (Lipinski definition) is 0. The molecule has 0 aromatic heterocycles. The van der Waals surface area contributed by atoms with Crippen LogP contribution in [0.15, 0.2) is 84.9 Å². The molecular formula is C22H24O2Si. The molecule has 0 amide bonds. The van der Waals surface area contributed by atoms with Crippen LogP contribution in [0.4, 0.5) is 0 Å². The maximum absolute atomic E-state index is 6.42. The highest BCUT2D eigenvalue weighted by molar-refractivity contribution is 6.93. The first-order chi connectivity index (χ1) is 12.3. The van der Waals surface area contributed by atoms with E-state index in [1.165, 1.54) is 11.1 Å². The van der Waals surface area contributed by atoms with Crippen molar-refractivity contribution in [3.8, 4) is 11.1 Å². The minimum Gasteiger partial charge on any atom is -0.388 e. The van der Waals surface area contributed by atoms with Crippen LogP contribution in [0.2, 0.25) is 0 Å². The maximum Gasteiger partial charge on any atom is 0.407 e. The zero-order valence-corrected chi connectivity index (χ0v) is 15.8. The molecule has 3 aromatic carbocycles. The summed E-state index contributed by atoms with van der Waals surface area (Å²) in [4.78, 5) is 0. The summed E-state index contributed by atoms with van der Waals surface area (Å²) in [6, 6.07) is 29.3. The van der Waals surface area contributed by atoms with Gasteiger partial charge in [-0.3, -0.25) is 0 Å². The number of rotatable bonds is 7. The monoisotopic (exact) mass is 348 g/mol. The van der Waals surface area contributed by atoms with Crippen LogP contribution in [0, 0.1) is 0 Å². The van der Waals surface area contributed by atoms with E-state index in [2.05, 4.69) is 72.8 Å². The van der Waals surface area contributed by atoms with Crippen molar-refractivity contribution in [1.29, 1.82) is 0 Å². The van der Waals surface area contributed by atoms with Crippen molar-refractivity contribution in [2.24, 2.45) is 0 Å². The third-order valence-electron chi connectivity index (χ3n) is 4.22. The van der Waals surface area contributed by atoms with Crippen molar-refractivity contribution < 1.29 is 8.85 Å². The summed E-state index contributed by atoms with van der Waals surface area (Å²) < 4.78 is 12.8. The molecule has 0 aliphatic heterocycles. The fraction of sp³-hybridized carbons (Fsp3) is 0.182. The van der Waals surface area contributed by atoms with Gasteiger partial charge in [-0.25, -0.2) is 0 Å². The lowest BCUT2D eigenvalue weighted by Gasteiger charge is -2.32. The van der Waals surface area contributed by atoms with Crippen LogP contribution in [0.3, 0.4) is 0 Å². The highest BCUT2D eigenvalue weighted by atomic mass is 28.4. The van der Waals surface area contributed by atoms with Crippen LogP contribution in [0.25, 0.3) is 11.1 Å². The highest BCUT2D eigenvalue weighted by Gasteiger charge is 2.43. The molecule has 3 heteroatoms. The fourth-order valence-corrected chi connectivity index (χ4v) is 6.60.